The molecule has 3 rings (SSSR count). The fourth-order valence-corrected chi connectivity index (χ4v) is 2.87. The van der Waals surface area contributed by atoms with Gasteiger partial charge < -0.3 is 5.32 Å². The van der Waals surface area contributed by atoms with Gasteiger partial charge >= 0.3 is 0 Å². The number of anilines is 1. The highest BCUT2D eigenvalue weighted by Crippen LogP contribution is 2.26. The summed E-state index contributed by atoms with van der Waals surface area (Å²) in [6, 6.07) is 10.6. The summed E-state index contributed by atoms with van der Waals surface area (Å²) in [5, 5.41) is 9.42. The maximum Gasteiger partial charge on any atom is 0.264 e. The third-order valence-corrected chi connectivity index (χ3v) is 4.08. The number of H-pyrrole nitrogens is 1. The zero-order valence-electron chi connectivity index (χ0n) is 12.3. The highest BCUT2D eigenvalue weighted by atomic mass is 16.2. The molecule has 2 N–H and O–H groups in total. The molecule has 0 saturated heterocycles. The highest BCUT2D eigenvalue weighted by molar-refractivity contribution is 5.93. The number of hydrogen-bond donors (Lipinski definition) is 2. The van der Waals surface area contributed by atoms with E-state index in [1.54, 1.807) is 6.07 Å². The van der Waals surface area contributed by atoms with Gasteiger partial charge in [-0.2, -0.15) is 5.10 Å². The summed E-state index contributed by atoms with van der Waals surface area (Å²) < 4.78 is 0. The molecule has 1 aliphatic rings. The fraction of sp³-hybridized carbons (Fsp3) is 0.353. The Morgan fingerprint density at radius 1 is 1.14 bits per heavy atom. The van der Waals surface area contributed by atoms with Crippen molar-refractivity contribution in [1.82, 2.24) is 10.2 Å². The number of nitrogens with one attached hydrogen (secondary N) is 2. The number of benzene rings is 1. The van der Waals surface area contributed by atoms with E-state index in [0.29, 0.717) is 5.69 Å². The van der Waals surface area contributed by atoms with Gasteiger partial charge in [-0.15, -0.1) is 0 Å². The Balaban J connectivity index is 1.74. The van der Waals surface area contributed by atoms with Gasteiger partial charge in [0.15, 0.2) is 0 Å². The number of carbonyl (C=O) groups is 1. The lowest BCUT2D eigenvalue weighted by Gasteiger charge is -2.20. The van der Waals surface area contributed by atoms with Gasteiger partial charge in [0.05, 0.1) is 5.69 Å². The predicted molar refractivity (Wildman–Crippen MR) is 85.5 cm³/mol. The number of nitrogens with zero attached hydrogens (tertiary/aromatic N) is 1. The normalized spacial score (nSPS) is 15.5. The number of amides is 1. The Kier molecular flexibility index (Phi) is 4.32. The van der Waals surface area contributed by atoms with Crippen LogP contribution in [0.15, 0.2) is 41.2 Å². The van der Waals surface area contributed by atoms with Gasteiger partial charge in [0.25, 0.3) is 5.56 Å². The molecular formula is C17H19N3O2. The van der Waals surface area contributed by atoms with E-state index in [0.717, 1.165) is 36.9 Å². The Hall–Kier alpha value is -2.43. The lowest BCUT2D eigenvalue weighted by Crippen LogP contribution is -2.24. The number of aromatic nitrogens is 2. The molecule has 0 unspecified atom stereocenters. The van der Waals surface area contributed by atoms with E-state index in [9.17, 15) is 9.59 Å². The fourth-order valence-electron chi connectivity index (χ4n) is 2.87. The van der Waals surface area contributed by atoms with Crippen molar-refractivity contribution in [2.24, 2.45) is 5.92 Å². The molecule has 1 amide bonds. The predicted octanol–water partition coefficient (Wildman–Crippen LogP) is 2.96. The van der Waals surface area contributed by atoms with Crippen LogP contribution in [0, 0.1) is 5.92 Å². The first-order valence-corrected chi connectivity index (χ1v) is 7.69. The van der Waals surface area contributed by atoms with Gasteiger partial charge in [0.1, 0.15) is 0 Å². The molecule has 5 nitrogen and oxygen atoms in total. The van der Waals surface area contributed by atoms with E-state index in [-0.39, 0.29) is 17.4 Å². The van der Waals surface area contributed by atoms with Crippen LogP contribution in [0.3, 0.4) is 0 Å². The topological polar surface area (TPSA) is 74.8 Å². The SMILES string of the molecule is O=C(Nc1cccc(-c2ccc(=O)[nH]n2)c1)C1CCCCC1. The Morgan fingerprint density at radius 3 is 2.68 bits per heavy atom. The molecule has 0 radical (unpaired) electrons. The third-order valence-electron chi connectivity index (χ3n) is 4.08. The largest absolute Gasteiger partial charge is 0.326 e. The van der Waals surface area contributed by atoms with Crippen LogP contribution in [0.4, 0.5) is 5.69 Å². The first-order chi connectivity index (χ1) is 10.7. The van der Waals surface area contributed by atoms with E-state index >= 15 is 0 Å². The molecular weight excluding hydrogens is 278 g/mol. The molecule has 5 heteroatoms. The summed E-state index contributed by atoms with van der Waals surface area (Å²) in [7, 11) is 0. The average molecular weight is 297 g/mol. The van der Waals surface area contributed by atoms with Crippen molar-refractivity contribution in [1.29, 1.82) is 0 Å². The lowest BCUT2D eigenvalue weighted by molar-refractivity contribution is -0.120. The molecule has 22 heavy (non-hydrogen) atoms. The van der Waals surface area contributed by atoms with Gasteiger partial charge in [-0.1, -0.05) is 31.4 Å². The molecule has 0 bridgehead atoms. The monoisotopic (exact) mass is 297 g/mol. The van der Waals surface area contributed by atoms with Crippen LogP contribution in [-0.4, -0.2) is 16.1 Å². The second-order valence-corrected chi connectivity index (χ2v) is 5.71. The number of aromatic amines is 1. The molecule has 1 aromatic heterocycles. The van der Waals surface area contributed by atoms with E-state index in [2.05, 4.69) is 15.5 Å². The first kappa shape index (κ1) is 14.5. The van der Waals surface area contributed by atoms with Crippen molar-refractivity contribution in [3.63, 3.8) is 0 Å². The van der Waals surface area contributed by atoms with Gasteiger partial charge in [-0.3, -0.25) is 9.59 Å². The van der Waals surface area contributed by atoms with Crippen LogP contribution in [0.1, 0.15) is 32.1 Å². The smallest absolute Gasteiger partial charge is 0.264 e. The molecule has 0 atom stereocenters. The van der Waals surface area contributed by atoms with Crippen LogP contribution in [0.25, 0.3) is 11.3 Å². The zero-order valence-corrected chi connectivity index (χ0v) is 12.3. The zero-order chi connectivity index (χ0) is 15.4. The Bertz CT molecular complexity index is 697. The van der Waals surface area contributed by atoms with Crippen LogP contribution < -0.4 is 10.9 Å². The van der Waals surface area contributed by atoms with Gasteiger partial charge in [0, 0.05) is 23.2 Å². The minimum Gasteiger partial charge on any atom is -0.326 e. The van der Waals surface area contributed by atoms with Crippen molar-refractivity contribution in [3.05, 3.63) is 46.8 Å². The summed E-state index contributed by atoms with van der Waals surface area (Å²) in [6.45, 7) is 0. The minimum absolute atomic E-state index is 0.103. The highest BCUT2D eigenvalue weighted by Gasteiger charge is 2.21. The molecule has 0 aliphatic heterocycles. The van der Waals surface area contributed by atoms with Crippen LogP contribution in [0.5, 0.6) is 0 Å². The van der Waals surface area contributed by atoms with Crippen molar-refractivity contribution < 1.29 is 4.79 Å². The second-order valence-electron chi connectivity index (χ2n) is 5.71. The van der Waals surface area contributed by atoms with Crippen molar-refractivity contribution in [3.8, 4) is 11.3 Å². The summed E-state index contributed by atoms with van der Waals surface area (Å²) >= 11 is 0. The summed E-state index contributed by atoms with van der Waals surface area (Å²) in [4.78, 5) is 23.4. The van der Waals surface area contributed by atoms with Gasteiger partial charge in [-0.25, -0.2) is 5.10 Å². The first-order valence-electron chi connectivity index (χ1n) is 7.69. The Labute approximate surface area is 128 Å². The van der Waals surface area contributed by atoms with Crippen LogP contribution >= 0.6 is 0 Å². The van der Waals surface area contributed by atoms with Crippen LogP contribution in [0.2, 0.25) is 0 Å². The standard InChI is InChI=1S/C17H19N3O2/c21-16-10-9-15(19-20-16)13-7-4-8-14(11-13)18-17(22)12-5-2-1-3-6-12/h4,7-12H,1-3,5-6H2,(H,18,22)(H,20,21). The van der Waals surface area contributed by atoms with Gasteiger partial charge in [-0.05, 0) is 31.0 Å². The molecule has 1 heterocycles. The summed E-state index contributed by atoms with van der Waals surface area (Å²) in [6.07, 6.45) is 5.47. The van der Waals surface area contributed by atoms with E-state index in [1.165, 1.54) is 12.5 Å². The van der Waals surface area contributed by atoms with Gasteiger partial charge in [0.2, 0.25) is 5.91 Å². The quantitative estimate of drug-likeness (QED) is 0.914. The Morgan fingerprint density at radius 2 is 1.95 bits per heavy atom. The molecule has 114 valence electrons. The lowest BCUT2D eigenvalue weighted by atomic mass is 9.88. The van der Waals surface area contributed by atoms with Crippen molar-refractivity contribution in [2.45, 2.75) is 32.1 Å². The molecule has 2 aromatic rings. The molecule has 1 aromatic carbocycles. The minimum atomic E-state index is -0.231. The maximum atomic E-state index is 12.3. The second kappa shape index (κ2) is 6.56. The number of rotatable bonds is 3. The van der Waals surface area contributed by atoms with Crippen LogP contribution in [-0.2, 0) is 4.79 Å². The third kappa shape index (κ3) is 3.42. The molecule has 1 aliphatic carbocycles. The van der Waals surface area contributed by atoms with E-state index in [1.807, 2.05) is 24.3 Å². The van der Waals surface area contributed by atoms with Crippen molar-refractivity contribution >= 4 is 11.6 Å². The van der Waals surface area contributed by atoms with E-state index < -0.39 is 0 Å². The molecule has 1 fully saturated rings. The summed E-state index contributed by atoms with van der Waals surface area (Å²) in [5.41, 5.74) is 2.07. The molecule has 0 spiro atoms. The van der Waals surface area contributed by atoms with E-state index in [4.69, 9.17) is 0 Å². The maximum absolute atomic E-state index is 12.3. The number of carbonyl (C=O) groups excluding carboxylic acids is 1. The number of hydrogen-bond acceptors (Lipinski definition) is 3. The summed E-state index contributed by atoms with van der Waals surface area (Å²) in [5.74, 6) is 0.231. The molecule has 1 saturated carbocycles. The average Bonchev–Trinajstić information content (AvgIpc) is 2.56. The van der Waals surface area contributed by atoms with Crippen molar-refractivity contribution in [2.75, 3.05) is 5.32 Å².